The fourth-order valence-corrected chi connectivity index (χ4v) is 3.09. The van der Waals surface area contributed by atoms with Gasteiger partial charge in [-0.15, -0.1) is 11.8 Å². The summed E-state index contributed by atoms with van der Waals surface area (Å²) in [5.41, 5.74) is 0.544. The highest BCUT2D eigenvalue weighted by Gasteiger charge is 2.13. The number of nitrogens with one attached hydrogen (secondary N) is 1. The van der Waals surface area contributed by atoms with Crippen molar-refractivity contribution in [1.82, 2.24) is 5.32 Å². The van der Waals surface area contributed by atoms with Crippen LogP contribution in [0.3, 0.4) is 0 Å². The second kappa shape index (κ2) is 8.44. The summed E-state index contributed by atoms with van der Waals surface area (Å²) in [6, 6.07) is 14.5. The zero-order valence-electron chi connectivity index (χ0n) is 11.6. The molecule has 1 atom stereocenters. The number of thioether (sulfide) groups is 1. The molecular formula is C16H15Cl2NO2S. The van der Waals surface area contributed by atoms with Gasteiger partial charge in [0.2, 0.25) is 5.91 Å². The maximum absolute atomic E-state index is 11.8. The Kier molecular flexibility index (Phi) is 6.58. The molecule has 1 unspecified atom stereocenters. The quantitative estimate of drug-likeness (QED) is 0.771. The first-order valence-electron chi connectivity index (χ1n) is 6.64. The third-order valence-electron chi connectivity index (χ3n) is 2.93. The topological polar surface area (TPSA) is 49.3 Å². The maximum atomic E-state index is 11.8. The van der Waals surface area contributed by atoms with Crippen molar-refractivity contribution < 1.29 is 9.90 Å². The van der Waals surface area contributed by atoms with Crippen molar-refractivity contribution in [2.75, 3.05) is 12.3 Å². The number of benzene rings is 2. The molecule has 0 aliphatic rings. The van der Waals surface area contributed by atoms with E-state index in [1.54, 1.807) is 18.2 Å². The van der Waals surface area contributed by atoms with Crippen molar-refractivity contribution in [1.29, 1.82) is 0 Å². The molecule has 0 fully saturated rings. The molecule has 22 heavy (non-hydrogen) atoms. The third kappa shape index (κ3) is 5.21. The minimum Gasteiger partial charge on any atom is -0.387 e. The lowest BCUT2D eigenvalue weighted by molar-refractivity contribution is -0.119. The van der Waals surface area contributed by atoms with E-state index in [9.17, 15) is 9.90 Å². The van der Waals surface area contributed by atoms with Gasteiger partial charge in [0.15, 0.2) is 0 Å². The molecule has 0 saturated carbocycles. The van der Waals surface area contributed by atoms with Crippen LogP contribution >= 0.6 is 35.0 Å². The monoisotopic (exact) mass is 355 g/mol. The predicted molar refractivity (Wildman–Crippen MR) is 91.6 cm³/mol. The number of amides is 1. The van der Waals surface area contributed by atoms with E-state index >= 15 is 0 Å². The van der Waals surface area contributed by atoms with Crippen LogP contribution < -0.4 is 5.32 Å². The highest BCUT2D eigenvalue weighted by atomic mass is 35.5. The Morgan fingerprint density at radius 3 is 2.59 bits per heavy atom. The molecule has 6 heteroatoms. The van der Waals surface area contributed by atoms with Crippen molar-refractivity contribution in [2.24, 2.45) is 0 Å². The lowest BCUT2D eigenvalue weighted by Crippen LogP contribution is -2.29. The number of hydrogen-bond acceptors (Lipinski definition) is 3. The second-order valence-corrected chi connectivity index (χ2v) is 6.48. The Morgan fingerprint density at radius 2 is 1.91 bits per heavy atom. The van der Waals surface area contributed by atoms with Gasteiger partial charge in [0, 0.05) is 27.0 Å². The van der Waals surface area contributed by atoms with E-state index in [0.29, 0.717) is 21.4 Å². The van der Waals surface area contributed by atoms with Gasteiger partial charge in [-0.25, -0.2) is 0 Å². The fraction of sp³-hybridized carbons (Fsp3) is 0.188. The lowest BCUT2D eigenvalue weighted by Gasteiger charge is -2.14. The normalized spacial score (nSPS) is 12.0. The maximum Gasteiger partial charge on any atom is 0.230 e. The van der Waals surface area contributed by atoms with Crippen molar-refractivity contribution in [2.45, 2.75) is 11.0 Å². The van der Waals surface area contributed by atoms with E-state index < -0.39 is 6.10 Å². The highest BCUT2D eigenvalue weighted by Crippen LogP contribution is 2.26. The summed E-state index contributed by atoms with van der Waals surface area (Å²) < 4.78 is 0. The molecule has 0 heterocycles. The second-order valence-electron chi connectivity index (χ2n) is 4.59. The number of hydrogen-bond donors (Lipinski definition) is 2. The Morgan fingerprint density at radius 1 is 1.18 bits per heavy atom. The first kappa shape index (κ1) is 17.2. The minimum atomic E-state index is -0.865. The van der Waals surface area contributed by atoms with Crippen LogP contribution in [0, 0.1) is 0 Å². The van der Waals surface area contributed by atoms with Gasteiger partial charge in [0.1, 0.15) is 0 Å². The first-order valence-corrected chi connectivity index (χ1v) is 8.38. The molecule has 2 rings (SSSR count). The number of carbonyl (C=O) groups is 1. The van der Waals surface area contributed by atoms with Crippen LogP contribution in [0.15, 0.2) is 53.4 Å². The lowest BCUT2D eigenvalue weighted by atomic mass is 10.1. The number of halogens is 2. The minimum absolute atomic E-state index is 0.107. The summed E-state index contributed by atoms with van der Waals surface area (Å²) in [6.07, 6.45) is -0.865. The summed E-state index contributed by atoms with van der Waals surface area (Å²) in [7, 11) is 0. The Balaban J connectivity index is 1.80. The largest absolute Gasteiger partial charge is 0.387 e. The Labute approximate surface area is 143 Å². The summed E-state index contributed by atoms with van der Waals surface area (Å²) in [5, 5.41) is 13.7. The van der Waals surface area contributed by atoms with Gasteiger partial charge in [-0.3, -0.25) is 4.79 Å². The van der Waals surface area contributed by atoms with Crippen LogP contribution in [0.25, 0.3) is 0 Å². The van der Waals surface area contributed by atoms with Crippen molar-refractivity contribution in [3.05, 3.63) is 64.1 Å². The molecule has 0 aromatic heterocycles. The molecular weight excluding hydrogens is 341 g/mol. The van der Waals surface area contributed by atoms with Crippen molar-refractivity contribution in [3.63, 3.8) is 0 Å². The van der Waals surface area contributed by atoms with E-state index in [1.807, 2.05) is 30.3 Å². The molecule has 0 aliphatic heterocycles. The SMILES string of the molecule is O=C(CSc1ccccc1)NCC(O)c1ccc(Cl)cc1Cl. The van der Waals surface area contributed by atoms with Crippen LogP contribution in [-0.2, 0) is 4.79 Å². The van der Waals surface area contributed by atoms with E-state index in [1.165, 1.54) is 11.8 Å². The molecule has 0 spiro atoms. The summed E-state index contributed by atoms with van der Waals surface area (Å²) in [4.78, 5) is 12.8. The zero-order valence-corrected chi connectivity index (χ0v) is 14.0. The Bertz CT molecular complexity index is 637. The van der Waals surface area contributed by atoms with Crippen LogP contribution in [0.2, 0.25) is 10.0 Å². The number of aliphatic hydroxyl groups is 1. The standard InChI is InChI=1S/C16H15Cl2NO2S/c17-11-6-7-13(14(18)8-11)15(20)9-19-16(21)10-22-12-4-2-1-3-5-12/h1-8,15,20H,9-10H2,(H,19,21). The van der Waals surface area contributed by atoms with Crippen LogP contribution in [-0.4, -0.2) is 23.3 Å². The molecule has 2 aromatic rings. The van der Waals surface area contributed by atoms with Crippen LogP contribution in [0.4, 0.5) is 0 Å². The number of aliphatic hydroxyl groups excluding tert-OH is 1. The average molecular weight is 356 g/mol. The van der Waals surface area contributed by atoms with Gasteiger partial charge in [-0.05, 0) is 24.3 Å². The Hall–Kier alpha value is -1.20. The van der Waals surface area contributed by atoms with Gasteiger partial charge in [0.25, 0.3) is 0 Å². The average Bonchev–Trinajstić information content (AvgIpc) is 2.51. The predicted octanol–water partition coefficient (Wildman–Crippen LogP) is 3.94. The van der Waals surface area contributed by atoms with E-state index in [2.05, 4.69) is 5.32 Å². The zero-order chi connectivity index (χ0) is 15.9. The molecule has 0 bridgehead atoms. The van der Waals surface area contributed by atoms with Gasteiger partial charge < -0.3 is 10.4 Å². The van der Waals surface area contributed by atoms with Gasteiger partial charge in [-0.2, -0.15) is 0 Å². The highest BCUT2D eigenvalue weighted by molar-refractivity contribution is 8.00. The van der Waals surface area contributed by atoms with Crippen LogP contribution in [0.5, 0.6) is 0 Å². The van der Waals surface area contributed by atoms with Crippen LogP contribution in [0.1, 0.15) is 11.7 Å². The number of carbonyl (C=O) groups excluding carboxylic acids is 1. The van der Waals surface area contributed by atoms with E-state index in [4.69, 9.17) is 23.2 Å². The molecule has 0 radical (unpaired) electrons. The first-order chi connectivity index (χ1) is 10.6. The molecule has 0 aliphatic carbocycles. The molecule has 0 saturated heterocycles. The smallest absolute Gasteiger partial charge is 0.230 e. The summed E-state index contributed by atoms with van der Waals surface area (Å²) in [6.45, 7) is 0.107. The van der Waals surface area contributed by atoms with Gasteiger partial charge in [-0.1, -0.05) is 47.5 Å². The van der Waals surface area contributed by atoms with E-state index in [0.717, 1.165) is 4.90 Å². The third-order valence-corrected chi connectivity index (χ3v) is 4.50. The molecule has 3 nitrogen and oxygen atoms in total. The molecule has 1 amide bonds. The van der Waals surface area contributed by atoms with E-state index in [-0.39, 0.29) is 12.5 Å². The van der Waals surface area contributed by atoms with Gasteiger partial charge >= 0.3 is 0 Å². The van der Waals surface area contributed by atoms with Gasteiger partial charge in [0.05, 0.1) is 11.9 Å². The molecule has 2 aromatic carbocycles. The summed E-state index contributed by atoms with van der Waals surface area (Å²) in [5.74, 6) is 0.156. The molecule has 116 valence electrons. The molecule has 2 N–H and O–H groups in total. The number of rotatable bonds is 6. The van der Waals surface area contributed by atoms with Crippen molar-refractivity contribution in [3.8, 4) is 0 Å². The fourth-order valence-electron chi connectivity index (χ4n) is 1.81. The summed E-state index contributed by atoms with van der Waals surface area (Å²) >= 11 is 13.3. The van der Waals surface area contributed by atoms with Crippen molar-refractivity contribution >= 4 is 40.9 Å².